The van der Waals surface area contributed by atoms with E-state index in [1.54, 1.807) is 101 Å². The Kier molecular flexibility index (Phi) is 14.0. The van der Waals surface area contributed by atoms with Gasteiger partial charge in [-0.05, 0) is 97.0 Å². The second kappa shape index (κ2) is 19.3. The molecule has 0 bridgehead atoms. The number of aryl methyl sites for hydroxylation is 2. The molecule has 0 radical (unpaired) electrons. The Morgan fingerprint density at radius 1 is 0.645 bits per heavy atom. The number of carbonyl (C=O) groups is 2. The van der Waals surface area contributed by atoms with Crippen LogP contribution in [0.25, 0.3) is 22.3 Å². The van der Waals surface area contributed by atoms with Crippen molar-refractivity contribution in [3.8, 4) is 52.4 Å². The zero-order valence-electron chi connectivity index (χ0n) is 34.9. The van der Waals surface area contributed by atoms with Crippen LogP contribution in [-0.2, 0) is 10.8 Å². The topological polar surface area (TPSA) is 240 Å². The van der Waals surface area contributed by atoms with Gasteiger partial charge in [0.15, 0.2) is 0 Å². The van der Waals surface area contributed by atoms with Gasteiger partial charge in [0.1, 0.15) is 22.9 Å². The van der Waals surface area contributed by atoms with Crippen molar-refractivity contribution in [1.82, 2.24) is 29.9 Å². The average molecular weight is 843 g/mol. The van der Waals surface area contributed by atoms with Crippen LogP contribution in [0.3, 0.4) is 0 Å². The quantitative estimate of drug-likeness (QED) is 0.123. The molecule has 2 amide bonds. The predicted molar refractivity (Wildman–Crippen MR) is 232 cm³/mol. The molecule has 0 saturated carbocycles. The predicted octanol–water partition coefficient (Wildman–Crippen LogP) is 8.60. The van der Waals surface area contributed by atoms with E-state index in [0.29, 0.717) is 62.9 Å². The van der Waals surface area contributed by atoms with Gasteiger partial charge >= 0.3 is 0 Å². The normalized spacial score (nSPS) is 10.7. The van der Waals surface area contributed by atoms with Crippen LogP contribution in [0, 0.1) is 59.2 Å². The largest absolute Gasteiger partial charge is 0.477 e. The minimum absolute atomic E-state index is 0.130. The van der Waals surface area contributed by atoms with Gasteiger partial charge in [-0.3, -0.25) is 29.5 Å². The van der Waals surface area contributed by atoms with Gasteiger partial charge in [-0.2, -0.15) is 21.0 Å². The Hall–Kier alpha value is -8.11. The first-order valence-corrected chi connectivity index (χ1v) is 19.3. The highest BCUT2D eigenvalue weighted by Gasteiger charge is 2.24. The van der Waals surface area contributed by atoms with Crippen molar-refractivity contribution in [2.24, 2.45) is 0 Å². The first-order chi connectivity index (χ1) is 29.5. The number of hydrogen-bond acceptors (Lipinski definition) is 13. The summed E-state index contributed by atoms with van der Waals surface area (Å²) in [6.07, 6.45) is 9.29. The van der Waals surface area contributed by atoms with Crippen LogP contribution < -0.4 is 15.4 Å². The van der Waals surface area contributed by atoms with Gasteiger partial charge in [0.25, 0.3) is 11.8 Å². The summed E-state index contributed by atoms with van der Waals surface area (Å²) < 4.78 is 5.38. The Morgan fingerprint density at radius 3 is 1.53 bits per heavy atom. The summed E-state index contributed by atoms with van der Waals surface area (Å²) in [4.78, 5) is 51.0. The Morgan fingerprint density at radius 2 is 1.10 bits per heavy atom. The van der Waals surface area contributed by atoms with Gasteiger partial charge in [0.2, 0.25) is 5.88 Å². The lowest BCUT2D eigenvalue weighted by atomic mass is 9.90. The number of rotatable bonds is 10. The highest BCUT2D eigenvalue weighted by Crippen LogP contribution is 2.30. The minimum Gasteiger partial charge on any atom is -0.477 e. The zero-order valence-corrected chi connectivity index (χ0v) is 35.6. The van der Waals surface area contributed by atoms with Gasteiger partial charge in [-0.1, -0.05) is 11.6 Å². The van der Waals surface area contributed by atoms with E-state index in [-0.39, 0.29) is 28.4 Å². The molecule has 0 fully saturated rings. The maximum absolute atomic E-state index is 12.8. The fourth-order valence-electron chi connectivity index (χ4n) is 5.74. The van der Waals surface area contributed by atoms with E-state index < -0.39 is 10.8 Å². The summed E-state index contributed by atoms with van der Waals surface area (Å²) in [5.41, 5.74) is 5.95. The fourth-order valence-corrected chi connectivity index (χ4v) is 5.89. The first kappa shape index (κ1) is 45.0. The Labute approximate surface area is 363 Å². The van der Waals surface area contributed by atoms with Crippen LogP contribution in [0.4, 0.5) is 11.4 Å². The molecule has 0 unspecified atom stereocenters. The van der Waals surface area contributed by atoms with Crippen LogP contribution >= 0.6 is 11.6 Å². The number of pyridine rings is 6. The number of carbonyl (C=O) groups excluding carboxylic acids is 2. The number of aromatic nitrogens is 6. The standard InChI is InChI=1S/C24H22N6O2.C22H17ClN6O/c1-5-32-23-17(11-25)8-18(12-29-23)20-10-19(13-28-15(20)2)30-22(31)16-6-7-27-21(9-16)24(3,4)14-26;1-13-18(16-6-15(9-24)20(23)28-10-16)8-17(11-27-13)29-21(30)14-4-5-26-19(7-14)22(2,3)12-25/h6-10,12-13H,5H2,1-4H3,(H,30,31);4-8,10-11H,1-3H3,(H,29,30). The molecule has 0 spiro atoms. The van der Waals surface area contributed by atoms with Gasteiger partial charge in [0, 0.05) is 69.6 Å². The molecular formula is C46H39ClN12O3. The number of hydrogen-bond donors (Lipinski definition) is 2. The molecule has 15 nitrogen and oxygen atoms in total. The van der Waals surface area contributed by atoms with Crippen LogP contribution in [0.1, 0.15) is 89.2 Å². The minimum atomic E-state index is -0.812. The lowest BCUT2D eigenvalue weighted by Gasteiger charge is -2.15. The molecular weight excluding hydrogens is 804 g/mol. The molecule has 62 heavy (non-hydrogen) atoms. The van der Waals surface area contributed by atoms with Gasteiger partial charge in [0.05, 0.1) is 70.3 Å². The van der Waals surface area contributed by atoms with Crippen molar-refractivity contribution in [2.45, 2.75) is 59.3 Å². The van der Waals surface area contributed by atoms with Gasteiger partial charge in [-0.25, -0.2) is 9.97 Å². The molecule has 0 aliphatic carbocycles. The maximum atomic E-state index is 12.8. The summed E-state index contributed by atoms with van der Waals surface area (Å²) >= 11 is 5.92. The number of ether oxygens (including phenoxy) is 1. The molecule has 6 aromatic heterocycles. The molecule has 0 aliphatic heterocycles. The van der Waals surface area contributed by atoms with Crippen molar-refractivity contribution in [3.05, 3.63) is 136 Å². The summed E-state index contributed by atoms with van der Waals surface area (Å²) in [5.74, 6) is -0.417. The molecule has 0 aliphatic rings. The smallest absolute Gasteiger partial charge is 0.255 e. The Balaban J connectivity index is 0.000000235. The third-order valence-corrected chi connectivity index (χ3v) is 9.71. The van der Waals surface area contributed by atoms with E-state index in [9.17, 15) is 30.6 Å². The van der Waals surface area contributed by atoms with Gasteiger partial charge in [-0.15, -0.1) is 0 Å². The molecule has 16 heteroatoms. The third-order valence-electron chi connectivity index (χ3n) is 9.41. The van der Waals surface area contributed by atoms with E-state index in [4.69, 9.17) is 16.3 Å². The van der Waals surface area contributed by atoms with E-state index in [0.717, 1.165) is 16.8 Å². The monoisotopic (exact) mass is 842 g/mol. The maximum Gasteiger partial charge on any atom is 0.255 e. The molecule has 6 rings (SSSR count). The highest BCUT2D eigenvalue weighted by molar-refractivity contribution is 6.30. The second-order valence-electron chi connectivity index (χ2n) is 14.8. The SMILES string of the molecule is CCOc1ncc(-c2cc(NC(=O)c3ccnc(C(C)(C)C#N)c3)cnc2C)cc1C#N.Cc1ncc(NC(=O)c2ccnc(C(C)(C)C#N)c2)cc1-c1cnc(Cl)c(C#N)c1. The molecule has 0 aromatic carbocycles. The van der Waals surface area contributed by atoms with Crippen molar-refractivity contribution in [1.29, 1.82) is 21.0 Å². The van der Waals surface area contributed by atoms with E-state index in [1.165, 1.54) is 12.4 Å². The fraction of sp³-hybridized carbons (Fsp3) is 0.217. The number of halogens is 1. The molecule has 0 atom stereocenters. The third kappa shape index (κ3) is 10.5. The summed E-state index contributed by atoms with van der Waals surface area (Å²) in [7, 11) is 0. The number of anilines is 2. The molecule has 6 aromatic rings. The first-order valence-electron chi connectivity index (χ1n) is 18.9. The number of nitrogens with one attached hydrogen (secondary N) is 2. The van der Waals surface area contributed by atoms with E-state index in [1.807, 2.05) is 26.8 Å². The van der Waals surface area contributed by atoms with Gasteiger partial charge < -0.3 is 15.4 Å². The van der Waals surface area contributed by atoms with Crippen molar-refractivity contribution in [2.75, 3.05) is 17.2 Å². The number of amides is 2. The lowest BCUT2D eigenvalue weighted by molar-refractivity contribution is 0.101. The van der Waals surface area contributed by atoms with Crippen LogP contribution in [0.5, 0.6) is 5.88 Å². The van der Waals surface area contributed by atoms with Crippen LogP contribution in [0.15, 0.2) is 85.7 Å². The second-order valence-corrected chi connectivity index (χ2v) is 15.1. The molecule has 2 N–H and O–H groups in total. The number of nitriles is 4. The van der Waals surface area contributed by atoms with E-state index >= 15 is 0 Å². The molecule has 6 heterocycles. The van der Waals surface area contributed by atoms with Crippen molar-refractivity contribution < 1.29 is 14.3 Å². The summed E-state index contributed by atoms with van der Waals surface area (Å²) in [6.45, 7) is 12.9. The highest BCUT2D eigenvalue weighted by atomic mass is 35.5. The molecule has 308 valence electrons. The summed E-state index contributed by atoms with van der Waals surface area (Å²) in [6, 6.07) is 21.7. The number of nitrogens with zero attached hydrogens (tertiary/aromatic N) is 10. The van der Waals surface area contributed by atoms with E-state index in [2.05, 4.69) is 58.7 Å². The zero-order chi connectivity index (χ0) is 45.2. The van der Waals surface area contributed by atoms with Crippen LogP contribution in [0.2, 0.25) is 5.15 Å². The van der Waals surface area contributed by atoms with Crippen LogP contribution in [-0.4, -0.2) is 48.3 Å². The van der Waals surface area contributed by atoms with Crippen molar-refractivity contribution in [3.63, 3.8) is 0 Å². The lowest BCUT2D eigenvalue weighted by Crippen LogP contribution is -2.18. The summed E-state index contributed by atoms with van der Waals surface area (Å²) in [5, 5.41) is 43.0. The molecule has 0 saturated heterocycles. The average Bonchev–Trinajstić information content (AvgIpc) is 3.28. The van der Waals surface area contributed by atoms with Crippen molar-refractivity contribution >= 4 is 34.8 Å². The Bertz CT molecular complexity index is 2870.